The number of rotatable bonds is 3. The quantitative estimate of drug-likeness (QED) is 0.913. The van der Waals surface area contributed by atoms with Crippen LogP contribution < -0.4 is 5.73 Å². The Morgan fingerprint density at radius 3 is 2.50 bits per heavy atom. The van der Waals surface area contributed by atoms with Gasteiger partial charge >= 0.3 is 6.18 Å². The fraction of sp³-hybridized carbons (Fsp3) is 0.611. The molecule has 6 heteroatoms. The van der Waals surface area contributed by atoms with E-state index in [1.54, 1.807) is 24.8 Å². The zero-order chi connectivity index (χ0) is 18.1. The van der Waals surface area contributed by atoms with E-state index in [1.165, 1.54) is 6.07 Å². The van der Waals surface area contributed by atoms with Gasteiger partial charge in [0.05, 0.1) is 11.0 Å². The minimum atomic E-state index is -4.42. The number of carbonyl (C=O) groups excluding carboxylic acids is 1. The first-order chi connectivity index (χ1) is 11.0. The van der Waals surface area contributed by atoms with Crippen LogP contribution >= 0.6 is 0 Å². The molecule has 0 spiro atoms. The maximum absolute atomic E-state index is 13.0. The number of carbonyl (C=O) groups is 1. The second-order valence-electron chi connectivity index (χ2n) is 7.22. The number of benzene rings is 1. The van der Waals surface area contributed by atoms with Crippen molar-refractivity contribution in [1.29, 1.82) is 0 Å². The van der Waals surface area contributed by atoms with E-state index in [-0.39, 0.29) is 17.9 Å². The van der Waals surface area contributed by atoms with Gasteiger partial charge in [-0.2, -0.15) is 13.2 Å². The Bertz CT molecular complexity index is 596. The highest BCUT2D eigenvalue weighted by Gasteiger charge is 2.38. The molecule has 2 atom stereocenters. The Labute approximate surface area is 141 Å². The van der Waals surface area contributed by atoms with Crippen molar-refractivity contribution in [2.75, 3.05) is 13.1 Å². The summed E-state index contributed by atoms with van der Waals surface area (Å²) in [7, 11) is 0. The van der Waals surface area contributed by atoms with Crippen LogP contribution in [0.25, 0.3) is 0 Å². The molecule has 0 aromatic heterocycles. The first-order valence-corrected chi connectivity index (χ1v) is 8.26. The average Bonchev–Trinajstić information content (AvgIpc) is 2.53. The van der Waals surface area contributed by atoms with Gasteiger partial charge in [-0.05, 0) is 51.2 Å². The largest absolute Gasteiger partial charge is 0.416 e. The zero-order valence-electron chi connectivity index (χ0n) is 14.4. The first-order valence-electron chi connectivity index (χ1n) is 8.26. The van der Waals surface area contributed by atoms with Crippen molar-refractivity contribution in [3.05, 3.63) is 35.4 Å². The molecule has 0 saturated carbocycles. The number of likely N-dealkylation sites (tertiary alicyclic amines) is 1. The summed E-state index contributed by atoms with van der Waals surface area (Å²) < 4.78 is 38.8. The van der Waals surface area contributed by atoms with Crippen LogP contribution in [0.5, 0.6) is 0 Å². The van der Waals surface area contributed by atoms with Crippen molar-refractivity contribution in [2.24, 2.45) is 11.7 Å². The normalized spacial score (nSPS) is 20.8. The molecule has 0 bridgehead atoms. The van der Waals surface area contributed by atoms with Crippen molar-refractivity contribution in [3.8, 4) is 0 Å². The fourth-order valence-corrected chi connectivity index (χ4v) is 3.23. The number of nitrogens with two attached hydrogens (primary N) is 1. The van der Waals surface area contributed by atoms with Gasteiger partial charge in [0.1, 0.15) is 0 Å². The molecule has 1 saturated heterocycles. The van der Waals surface area contributed by atoms with E-state index in [0.29, 0.717) is 18.7 Å². The Kier molecular flexibility index (Phi) is 5.28. The lowest BCUT2D eigenvalue weighted by atomic mass is 9.81. The highest BCUT2D eigenvalue weighted by atomic mass is 19.4. The van der Waals surface area contributed by atoms with Crippen molar-refractivity contribution >= 4 is 5.91 Å². The van der Waals surface area contributed by atoms with Crippen molar-refractivity contribution < 1.29 is 18.0 Å². The molecular formula is C18H25F3N2O. The smallest absolute Gasteiger partial charge is 0.342 e. The summed E-state index contributed by atoms with van der Waals surface area (Å²) in [5, 5.41) is 0. The SMILES string of the molecule is CC(N)C1CCCN(C(=O)C(C)(C)c2cccc(C(F)(F)F)c2)C1. The van der Waals surface area contributed by atoms with Crippen LogP contribution in [0.1, 0.15) is 44.7 Å². The zero-order valence-corrected chi connectivity index (χ0v) is 14.4. The van der Waals surface area contributed by atoms with Crippen LogP contribution in [0.15, 0.2) is 24.3 Å². The van der Waals surface area contributed by atoms with E-state index in [1.807, 2.05) is 6.92 Å². The number of hydrogen-bond acceptors (Lipinski definition) is 2. The number of amides is 1. The van der Waals surface area contributed by atoms with Gasteiger partial charge in [-0.1, -0.05) is 18.2 Å². The van der Waals surface area contributed by atoms with Crippen LogP contribution in [-0.4, -0.2) is 29.9 Å². The third kappa shape index (κ3) is 3.91. The van der Waals surface area contributed by atoms with Gasteiger partial charge in [0.25, 0.3) is 0 Å². The van der Waals surface area contributed by atoms with Crippen LogP contribution in [0.4, 0.5) is 13.2 Å². The molecule has 1 heterocycles. The predicted octanol–water partition coefficient (Wildman–Crippen LogP) is 3.57. The van der Waals surface area contributed by atoms with E-state index in [4.69, 9.17) is 5.73 Å². The second kappa shape index (κ2) is 6.75. The number of nitrogens with zero attached hydrogens (tertiary/aromatic N) is 1. The van der Waals surface area contributed by atoms with Crippen LogP contribution in [0.2, 0.25) is 0 Å². The molecule has 0 aliphatic carbocycles. The molecule has 1 aliphatic heterocycles. The summed E-state index contributed by atoms with van der Waals surface area (Å²) in [5.74, 6) is 0.0900. The molecule has 2 N–H and O–H groups in total. The lowest BCUT2D eigenvalue weighted by Gasteiger charge is -2.39. The van der Waals surface area contributed by atoms with Gasteiger partial charge in [0, 0.05) is 19.1 Å². The molecular weight excluding hydrogens is 317 g/mol. The summed E-state index contributed by atoms with van der Waals surface area (Å²) in [4.78, 5) is 14.7. The first kappa shape index (κ1) is 18.8. The summed E-state index contributed by atoms with van der Waals surface area (Å²) in [6.45, 7) is 6.49. The van der Waals surface area contributed by atoms with Gasteiger partial charge in [-0.25, -0.2) is 0 Å². The maximum Gasteiger partial charge on any atom is 0.416 e. The Hall–Kier alpha value is -1.56. The minimum Gasteiger partial charge on any atom is -0.342 e. The molecule has 0 radical (unpaired) electrons. The van der Waals surface area contributed by atoms with Gasteiger partial charge in [-0.3, -0.25) is 4.79 Å². The van der Waals surface area contributed by atoms with Crippen LogP contribution in [0.3, 0.4) is 0 Å². The monoisotopic (exact) mass is 342 g/mol. The molecule has 134 valence electrons. The fourth-order valence-electron chi connectivity index (χ4n) is 3.23. The van der Waals surface area contributed by atoms with Gasteiger partial charge < -0.3 is 10.6 Å². The number of piperidine rings is 1. The molecule has 24 heavy (non-hydrogen) atoms. The molecule has 2 rings (SSSR count). The third-order valence-corrected chi connectivity index (χ3v) is 4.93. The number of hydrogen-bond donors (Lipinski definition) is 1. The van der Waals surface area contributed by atoms with Crippen molar-refractivity contribution in [3.63, 3.8) is 0 Å². The molecule has 1 aromatic rings. The second-order valence-corrected chi connectivity index (χ2v) is 7.22. The maximum atomic E-state index is 13.0. The number of alkyl halides is 3. The van der Waals surface area contributed by atoms with E-state index in [0.717, 1.165) is 25.0 Å². The highest BCUT2D eigenvalue weighted by molar-refractivity contribution is 5.87. The standard InChI is InChI=1S/C18H25F3N2O/c1-12(22)13-6-5-9-23(11-13)16(24)17(2,3)14-7-4-8-15(10-14)18(19,20)21/h4,7-8,10,12-13H,5-6,9,11,22H2,1-3H3. The van der Waals surface area contributed by atoms with E-state index in [2.05, 4.69) is 0 Å². The summed E-state index contributed by atoms with van der Waals surface area (Å²) in [6.07, 6.45) is -2.57. The van der Waals surface area contributed by atoms with E-state index < -0.39 is 17.2 Å². The van der Waals surface area contributed by atoms with Gasteiger partial charge in [0.2, 0.25) is 5.91 Å². The van der Waals surface area contributed by atoms with Crippen molar-refractivity contribution in [2.45, 2.75) is 51.2 Å². The van der Waals surface area contributed by atoms with Crippen LogP contribution in [-0.2, 0) is 16.4 Å². The van der Waals surface area contributed by atoms with Gasteiger partial charge in [-0.15, -0.1) is 0 Å². The molecule has 1 aromatic carbocycles. The lowest BCUT2D eigenvalue weighted by molar-refractivity contribution is -0.140. The number of halogens is 3. The van der Waals surface area contributed by atoms with Crippen LogP contribution in [0, 0.1) is 5.92 Å². The minimum absolute atomic E-state index is 0.00253. The Morgan fingerprint density at radius 1 is 1.29 bits per heavy atom. The lowest BCUT2D eigenvalue weighted by Crippen LogP contribution is -2.50. The third-order valence-electron chi connectivity index (χ3n) is 4.93. The Morgan fingerprint density at radius 2 is 1.92 bits per heavy atom. The molecule has 2 unspecified atom stereocenters. The molecule has 3 nitrogen and oxygen atoms in total. The molecule has 1 fully saturated rings. The highest BCUT2D eigenvalue weighted by Crippen LogP contribution is 2.34. The summed E-state index contributed by atoms with van der Waals surface area (Å²) in [5.41, 5.74) is 4.59. The summed E-state index contributed by atoms with van der Waals surface area (Å²) in [6, 6.07) is 5.04. The van der Waals surface area contributed by atoms with E-state index in [9.17, 15) is 18.0 Å². The van der Waals surface area contributed by atoms with Crippen molar-refractivity contribution in [1.82, 2.24) is 4.90 Å². The molecule has 1 amide bonds. The van der Waals surface area contributed by atoms with E-state index >= 15 is 0 Å². The average molecular weight is 342 g/mol. The Balaban J connectivity index is 2.24. The van der Waals surface area contributed by atoms with Gasteiger partial charge in [0.15, 0.2) is 0 Å². The topological polar surface area (TPSA) is 46.3 Å². The predicted molar refractivity (Wildman–Crippen MR) is 87.4 cm³/mol. The molecule has 1 aliphatic rings. The summed E-state index contributed by atoms with van der Waals surface area (Å²) >= 11 is 0.